The summed E-state index contributed by atoms with van der Waals surface area (Å²) in [6.45, 7) is 2.11. The van der Waals surface area contributed by atoms with Crippen LogP contribution in [-0.2, 0) is 7.05 Å². The number of amides is 1. The number of hydrogen-bond acceptors (Lipinski definition) is 5. The van der Waals surface area contributed by atoms with E-state index in [-0.39, 0.29) is 5.91 Å². The Balaban J connectivity index is 1.47. The molecule has 0 unspecified atom stereocenters. The molecule has 8 heteroatoms. The molecular formula is C17H19N7O. The highest BCUT2D eigenvalue weighted by Gasteiger charge is 2.14. The number of nitrogens with one attached hydrogen (secondary N) is 1. The van der Waals surface area contributed by atoms with Gasteiger partial charge in [0.2, 0.25) is 0 Å². The molecule has 3 aromatic rings. The second-order valence-electron chi connectivity index (χ2n) is 6.07. The summed E-state index contributed by atoms with van der Waals surface area (Å²) in [5.74, 6) is 0.291. The van der Waals surface area contributed by atoms with Crippen LogP contribution in [0.5, 0.6) is 0 Å². The molecule has 128 valence electrons. The number of aryl methyl sites for hydroxylation is 1. The Kier molecular flexibility index (Phi) is 3.93. The maximum Gasteiger partial charge on any atom is 0.272 e. The van der Waals surface area contributed by atoms with E-state index in [2.05, 4.69) is 25.3 Å². The zero-order chi connectivity index (χ0) is 17.2. The summed E-state index contributed by atoms with van der Waals surface area (Å²) in [7, 11) is 1.83. The largest absolute Gasteiger partial charge is 0.369 e. The number of anilines is 2. The topological polar surface area (TPSA) is 80.9 Å². The smallest absolute Gasteiger partial charge is 0.272 e. The Hall–Kier alpha value is -3.16. The minimum absolute atomic E-state index is 0.183. The van der Waals surface area contributed by atoms with Crippen LogP contribution >= 0.6 is 0 Å². The van der Waals surface area contributed by atoms with E-state index in [1.165, 1.54) is 12.8 Å². The van der Waals surface area contributed by atoms with Gasteiger partial charge in [-0.3, -0.25) is 4.79 Å². The third-order valence-corrected chi connectivity index (χ3v) is 4.32. The van der Waals surface area contributed by atoms with Crippen LogP contribution in [0.15, 0.2) is 43.1 Å². The van der Waals surface area contributed by atoms with E-state index < -0.39 is 0 Å². The molecule has 1 aliphatic rings. The minimum atomic E-state index is -0.183. The molecule has 0 bridgehead atoms. The van der Waals surface area contributed by atoms with Crippen molar-refractivity contribution >= 4 is 17.3 Å². The lowest BCUT2D eigenvalue weighted by molar-refractivity contribution is 0.101. The van der Waals surface area contributed by atoms with Crippen LogP contribution in [0.1, 0.15) is 23.3 Å². The summed E-state index contributed by atoms with van der Waals surface area (Å²) >= 11 is 0. The summed E-state index contributed by atoms with van der Waals surface area (Å²) in [6.07, 6.45) is 11.2. The predicted molar refractivity (Wildman–Crippen MR) is 94.0 cm³/mol. The molecular weight excluding hydrogens is 318 g/mol. The summed E-state index contributed by atoms with van der Waals surface area (Å²) in [6, 6.07) is 3.59. The molecule has 4 heterocycles. The maximum atomic E-state index is 12.2. The van der Waals surface area contributed by atoms with Gasteiger partial charge in [0.1, 0.15) is 5.69 Å². The van der Waals surface area contributed by atoms with Gasteiger partial charge in [0, 0.05) is 26.3 Å². The van der Waals surface area contributed by atoms with Crippen molar-refractivity contribution < 1.29 is 4.79 Å². The number of nitrogens with zero attached hydrogens (tertiary/aromatic N) is 6. The molecule has 0 aliphatic carbocycles. The summed E-state index contributed by atoms with van der Waals surface area (Å²) in [4.78, 5) is 23.3. The number of carbonyl (C=O) groups is 1. The zero-order valence-corrected chi connectivity index (χ0v) is 14.0. The molecule has 1 fully saturated rings. The average Bonchev–Trinajstić information content (AvgIpc) is 3.36. The van der Waals surface area contributed by atoms with Gasteiger partial charge in [0.15, 0.2) is 0 Å². The third kappa shape index (κ3) is 3.10. The molecule has 0 spiro atoms. The van der Waals surface area contributed by atoms with Crippen molar-refractivity contribution in [1.82, 2.24) is 24.3 Å². The first-order chi connectivity index (χ1) is 12.2. The molecule has 1 aliphatic heterocycles. The highest BCUT2D eigenvalue weighted by Crippen LogP contribution is 2.18. The van der Waals surface area contributed by atoms with Crippen LogP contribution < -0.4 is 10.2 Å². The lowest BCUT2D eigenvalue weighted by Crippen LogP contribution is -2.18. The molecule has 0 atom stereocenters. The zero-order valence-electron chi connectivity index (χ0n) is 14.0. The maximum absolute atomic E-state index is 12.2. The number of aromatic nitrogens is 5. The predicted octanol–water partition coefficient (Wildman–Crippen LogP) is 1.85. The fraction of sp³-hybridized carbons (Fsp3) is 0.294. The van der Waals surface area contributed by atoms with Crippen LogP contribution in [0.3, 0.4) is 0 Å². The molecule has 1 saturated heterocycles. The number of rotatable bonds is 4. The lowest BCUT2D eigenvalue weighted by atomic mass is 10.4. The number of hydrogen-bond donors (Lipinski definition) is 1. The first kappa shape index (κ1) is 15.4. The highest BCUT2D eigenvalue weighted by molar-refractivity contribution is 6.03. The van der Waals surface area contributed by atoms with E-state index in [1.807, 2.05) is 31.7 Å². The third-order valence-electron chi connectivity index (χ3n) is 4.32. The first-order valence-corrected chi connectivity index (χ1v) is 8.25. The van der Waals surface area contributed by atoms with Crippen LogP contribution in [0, 0.1) is 0 Å². The molecule has 4 rings (SSSR count). The van der Waals surface area contributed by atoms with Gasteiger partial charge in [-0.15, -0.1) is 0 Å². The van der Waals surface area contributed by atoms with Gasteiger partial charge < -0.3 is 14.8 Å². The second-order valence-corrected chi connectivity index (χ2v) is 6.07. The van der Waals surface area contributed by atoms with Crippen molar-refractivity contribution in [2.45, 2.75) is 12.8 Å². The van der Waals surface area contributed by atoms with Crippen molar-refractivity contribution in [2.24, 2.45) is 7.05 Å². The van der Waals surface area contributed by atoms with Crippen molar-refractivity contribution in [1.29, 1.82) is 0 Å². The van der Waals surface area contributed by atoms with E-state index in [9.17, 15) is 4.79 Å². The van der Waals surface area contributed by atoms with Crippen LogP contribution in [0.25, 0.3) is 5.95 Å². The molecule has 0 saturated carbocycles. The molecule has 1 N–H and O–H groups in total. The second kappa shape index (κ2) is 6.39. The Morgan fingerprint density at radius 2 is 1.92 bits per heavy atom. The fourth-order valence-corrected chi connectivity index (χ4v) is 2.96. The molecule has 0 radical (unpaired) electrons. The van der Waals surface area contributed by atoms with E-state index in [0.29, 0.717) is 17.3 Å². The molecule has 3 aromatic heterocycles. The van der Waals surface area contributed by atoms with Crippen LogP contribution in [0.2, 0.25) is 0 Å². The van der Waals surface area contributed by atoms with Crippen molar-refractivity contribution in [3.05, 3.63) is 48.8 Å². The van der Waals surface area contributed by atoms with Gasteiger partial charge in [0.05, 0.1) is 36.2 Å². The van der Waals surface area contributed by atoms with Crippen molar-refractivity contribution in [3.8, 4) is 5.95 Å². The normalized spacial score (nSPS) is 14.0. The lowest BCUT2D eigenvalue weighted by Gasteiger charge is -2.16. The monoisotopic (exact) mass is 337 g/mol. The van der Waals surface area contributed by atoms with Gasteiger partial charge in [-0.05, 0) is 25.0 Å². The number of carbonyl (C=O) groups excluding carboxylic acids is 1. The van der Waals surface area contributed by atoms with Crippen molar-refractivity contribution in [2.75, 3.05) is 23.3 Å². The van der Waals surface area contributed by atoms with E-state index in [0.717, 1.165) is 18.8 Å². The highest BCUT2D eigenvalue weighted by atomic mass is 16.1. The SMILES string of the molecule is Cn1cccc1C(=O)Nc1cnn(-c2ncc(N3CCCC3)cn2)c1. The van der Waals surface area contributed by atoms with Gasteiger partial charge in [0.25, 0.3) is 11.9 Å². The van der Waals surface area contributed by atoms with Gasteiger partial charge in [-0.2, -0.15) is 5.10 Å². The molecule has 1 amide bonds. The Labute approximate surface area is 145 Å². The Morgan fingerprint density at radius 3 is 2.60 bits per heavy atom. The summed E-state index contributed by atoms with van der Waals surface area (Å²) in [5, 5.41) is 7.05. The van der Waals surface area contributed by atoms with E-state index >= 15 is 0 Å². The van der Waals surface area contributed by atoms with Gasteiger partial charge >= 0.3 is 0 Å². The van der Waals surface area contributed by atoms with Gasteiger partial charge in [-0.1, -0.05) is 0 Å². The van der Waals surface area contributed by atoms with Crippen molar-refractivity contribution in [3.63, 3.8) is 0 Å². The van der Waals surface area contributed by atoms with Crippen LogP contribution in [-0.4, -0.2) is 43.3 Å². The van der Waals surface area contributed by atoms with E-state index in [1.54, 1.807) is 27.7 Å². The quantitative estimate of drug-likeness (QED) is 0.786. The van der Waals surface area contributed by atoms with E-state index in [4.69, 9.17) is 0 Å². The molecule has 25 heavy (non-hydrogen) atoms. The summed E-state index contributed by atoms with van der Waals surface area (Å²) in [5.41, 5.74) is 2.21. The summed E-state index contributed by atoms with van der Waals surface area (Å²) < 4.78 is 3.31. The molecule has 8 nitrogen and oxygen atoms in total. The first-order valence-electron chi connectivity index (χ1n) is 8.25. The van der Waals surface area contributed by atoms with Crippen LogP contribution in [0.4, 0.5) is 11.4 Å². The fourth-order valence-electron chi connectivity index (χ4n) is 2.96. The Morgan fingerprint density at radius 1 is 1.16 bits per heavy atom. The Bertz CT molecular complexity index is 875. The molecule has 0 aromatic carbocycles. The van der Waals surface area contributed by atoms with Gasteiger partial charge in [-0.25, -0.2) is 14.6 Å². The minimum Gasteiger partial charge on any atom is -0.369 e. The standard InChI is InChI=1S/C17H19N7O/c1-22-6-4-5-15(22)16(25)21-13-9-20-24(12-13)17-18-10-14(11-19-17)23-7-2-3-8-23/h4-6,9-12H,2-3,7-8H2,1H3,(H,21,25). The average molecular weight is 337 g/mol.